The van der Waals surface area contributed by atoms with Crippen molar-refractivity contribution < 1.29 is 0 Å². The molecule has 8 aromatic carbocycles. The van der Waals surface area contributed by atoms with Gasteiger partial charge in [0.15, 0.2) is 0 Å². The number of hydrogen-bond donors (Lipinski definition) is 0. The van der Waals surface area contributed by atoms with Crippen LogP contribution in [0.25, 0.3) is 60.9 Å². The van der Waals surface area contributed by atoms with E-state index in [0.717, 1.165) is 23.7 Å². The van der Waals surface area contributed by atoms with Gasteiger partial charge in [0.2, 0.25) is 0 Å². The van der Waals surface area contributed by atoms with Crippen LogP contribution in [-0.4, -0.2) is 4.57 Å². The molecule has 9 aromatic rings. The Hall–Kier alpha value is -6.64. The topological polar surface area (TPSA) is 8.17 Å². The fourth-order valence-corrected chi connectivity index (χ4v) is 13.3. The zero-order valence-electron chi connectivity index (χ0n) is 34.4. The molecule has 4 aliphatic carbocycles. The standard InChI is InChI=1S/C59H48N2/c1-3-14-39(15-4-1)43-32-44(40-16-5-2-6-17-40)35-49(34-43)60(56-23-10-9-22-53(56)54-37-45-36-46-38-55-50(54)30-31-59(45,46)55)47-28-26-41(27-29-47)42-18-13-19-48(33-42)61-57-24-11-7-20-51(57)52-21-8-12-25-58(52)61/h1-29,32-35,45-46,50,54-55H,30-31,36-38H2/t45-,46?,50?,54?,55-,59?/m0/s1. The van der Waals surface area contributed by atoms with E-state index in [4.69, 9.17) is 0 Å². The Morgan fingerprint density at radius 2 is 1.03 bits per heavy atom. The molecule has 0 N–H and O–H groups in total. The van der Waals surface area contributed by atoms with Gasteiger partial charge >= 0.3 is 0 Å². The molecule has 0 amide bonds. The Labute approximate surface area is 358 Å². The molecule has 2 heteroatoms. The highest BCUT2D eigenvalue weighted by Gasteiger charge is 2.73. The van der Waals surface area contributed by atoms with Crippen LogP contribution < -0.4 is 4.90 Å². The second kappa shape index (κ2) is 13.7. The monoisotopic (exact) mass is 784 g/mol. The van der Waals surface area contributed by atoms with E-state index in [1.165, 1.54) is 116 Å². The number of rotatable bonds is 8. The van der Waals surface area contributed by atoms with Crippen molar-refractivity contribution in [1.29, 1.82) is 0 Å². The molecule has 0 saturated heterocycles. The van der Waals surface area contributed by atoms with Crippen LogP contribution in [0, 0.1) is 29.1 Å². The van der Waals surface area contributed by atoms with Gasteiger partial charge in [-0.2, -0.15) is 0 Å². The molecule has 294 valence electrons. The number of hydrogen-bond acceptors (Lipinski definition) is 1. The van der Waals surface area contributed by atoms with E-state index in [-0.39, 0.29) is 0 Å². The lowest BCUT2D eigenvalue weighted by Gasteiger charge is -2.71. The first-order valence-electron chi connectivity index (χ1n) is 22.6. The fourth-order valence-electron chi connectivity index (χ4n) is 13.3. The maximum absolute atomic E-state index is 2.59. The number of nitrogens with zero attached hydrogens (tertiary/aromatic N) is 2. The molecule has 61 heavy (non-hydrogen) atoms. The summed E-state index contributed by atoms with van der Waals surface area (Å²) in [4.78, 5) is 2.59. The number of fused-ring (bicyclic) bond motifs is 3. The first kappa shape index (κ1) is 35.1. The van der Waals surface area contributed by atoms with E-state index in [2.05, 4.69) is 210 Å². The van der Waals surface area contributed by atoms with E-state index in [0.29, 0.717) is 11.3 Å². The maximum atomic E-state index is 2.59. The van der Waals surface area contributed by atoms with E-state index in [1.807, 2.05) is 0 Å². The Bertz CT molecular complexity index is 3000. The van der Waals surface area contributed by atoms with Gasteiger partial charge in [-0.25, -0.2) is 0 Å². The Morgan fingerprint density at radius 1 is 0.443 bits per heavy atom. The van der Waals surface area contributed by atoms with Gasteiger partial charge in [-0.05, 0) is 167 Å². The molecule has 4 aliphatic rings. The highest BCUT2D eigenvalue weighted by molar-refractivity contribution is 6.09. The summed E-state index contributed by atoms with van der Waals surface area (Å²) in [5.74, 6) is 4.26. The van der Waals surface area contributed by atoms with Gasteiger partial charge in [0.25, 0.3) is 0 Å². The van der Waals surface area contributed by atoms with Crippen molar-refractivity contribution >= 4 is 38.9 Å². The van der Waals surface area contributed by atoms with Gasteiger partial charge in [0, 0.05) is 33.5 Å². The van der Waals surface area contributed by atoms with Crippen LogP contribution in [0.3, 0.4) is 0 Å². The molecule has 4 saturated carbocycles. The minimum Gasteiger partial charge on any atom is -0.310 e. The smallest absolute Gasteiger partial charge is 0.0541 e. The summed E-state index contributed by atoms with van der Waals surface area (Å²) < 4.78 is 2.41. The quantitative estimate of drug-likeness (QED) is 0.149. The van der Waals surface area contributed by atoms with Gasteiger partial charge in [0.05, 0.1) is 11.0 Å². The largest absolute Gasteiger partial charge is 0.310 e. The molecule has 0 aliphatic heterocycles. The lowest BCUT2D eigenvalue weighted by molar-refractivity contribution is -0.217. The summed E-state index contributed by atoms with van der Waals surface area (Å²) in [5.41, 5.74) is 16.9. The van der Waals surface area contributed by atoms with Gasteiger partial charge in [-0.3, -0.25) is 0 Å². The third-order valence-corrected chi connectivity index (χ3v) is 15.9. The predicted molar refractivity (Wildman–Crippen MR) is 254 cm³/mol. The summed E-state index contributed by atoms with van der Waals surface area (Å²) in [6.07, 6.45) is 7.16. The van der Waals surface area contributed by atoms with Crippen molar-refractivity contribution in [3.63, 3.8) is 0 Å². The van der Waals surface area contributed by atoms with Crippen LogP contribution in [0.4, 0.5) is 17.1 Å². The van der Waals surface area contributed by atoms with Gasteiger partial charge in [0.1, 0.15) is 0 Å². The molecule has 4 fully saturated rings. The molecule has 2 bridgehead atoms. The normalized spacial score (nSPS) is 23.3. The molecular weight excluding hydrogens is 737 g/mol. The molecule has 4 unspecified atom stereocenters. The van der Waals surface area contributed by atoms with Crippen LogP contribution in [0.2, 0.25) is 0 Å². The molecule has 1 aromatic heterocycles. The summed E-state index contributed by atoms with van der Waals surface area (Å²) in [5, 5.41) is 2.56. The van der Waals surface area contributed by atoms with Crippen LogP contribution in [0.5, 0.6) is 0 Å². The van der Waals surface area contributed by atoms with Crippen molar-refractivity contribution in [2.75, 3.05) is 4.90 Å². The van der Waals surface area contributed by atoms with Crippen LogP contribution in [0.1, 0.15) is 43.6 Å². The lowest BCUT2D eigenvalue weighted by Crippen LogP contribution is -2.64. The Balaban J connectivity index is 0.955. The molecular formula is C59H48N2. The van der Waals surface area contributed by atoms with Crippen molar-refractivity contribution in [2.24, 2.45) is 29.1 Å². The van der Waals surface area contributed by atoms with Crippen LogP contribution >= 0.6 is 0 Å². The average Bonchev–Trinajstić information content (AvgIpc) is 3.80. The summed E-state index contributed by atoms with van der Waals surface area (Å²) in [6, 6.07) is 74.5. The maximum Gasteiger partial charge on any atom is 0.0541 e. The lowest BCUT2D eigenvalue weighted by atomic mass is 9.33. The third kappa shape index (κ3) is 5.34. The van der Waals surface area contributed by atoms with E-state index >= 15 is 0 Å². The Morgan fingerprint density at radius 3 is 1.72 bits per heavy atom. The average molecular weight is 785 g/mol. The van der Waals surface area contributed by atoms with Crippen molar-refractivity contribution in [1.82, 2.24) is 4.57 Å². The zero-order chi connectivity index (χ0) is 40.1. The first-order chi connectivity index (χ1) is 30.2. The number of aromatic nitrogens is 1. The SMILES string of the molecule is c1ccc(-c2cc(-c3ccccc3)cc(N(c3ccc(-c4cccc(-n5c6ccccc6c6ccccc65)c4)cc3)c3ccccc3C3C[C@@H]4CC5C[C@H]6C3CCC546)c2)cc1. The predicted octanol–water partition coefficient (Wildman–Crippen LogP) is 15.8. The van der Waals surface area contributed by atoms with Crippen LogP contribution in [-0.2, 0) is 0 Å². The second-order valence-electron chi connectivity index (χ2n) is 18.5. The minimum atomic E-state index is 0.597. The number of anilines is 3. The van der Waals surface area contributed by atoms with E-state index in [1.54, 1.807) is 0 Å². The second-order valence-corrected chi connectivity index (χ2v) is 18.5. The summed E-state index contributed by atoms with van der Waals surface area (Å²) in [6.45, 7) is 0. The Kier molecular flexibility index (Phi) is 7.89. The van der Waals surface area contributed by atoms with E-state index < -0.39 is 0 Å². The summed E-state index contributed by atoms with van der Waals surface area (Å²) >= 11 is 0. The number of benzene rings is 8. The first-order valence-corrected chi connectivity index (χ1v) is 22.6. The molecule has 2 nitrogen and oxygen atoms in total. The zero-order valence-corrected chi connectivity index (χ0v) is 34.4. The fraction of sp³-hybridized carbons (Fsp3) is 0.186. The van der Waals surface area contributed by atoms with Gasteiger partial charge in [-0.1, -0.05) is 140 Å². The third-order valence-electron chi connectivity index (χ3n) is 15.9. The van der Waals surface area contributed by atoms with Crippen molar-refractivity contribution in [3.8, 4) is 39.1 Å². The van der Waals surface area contributed by atoms with Gasteiger partial charge < -0.3 is 9.47 Å². The van der Waals surface area contributed by atoms with E-state index in [9.17, 15) is 0 Å². The molecule has 6 atom stereocenters. The van der Waals surface area contributed by atoms with Crippen LogP contribution in [0.15, 0.2) is 200 Å². The summed E-state index contributed by atoms with van der Waals surface area (Å²) in [7, 11) is 0. The molecule has 1 spiro atoms. The minimum absolute atomic E-state index is 0.597. The molecule has 1 heterocycles. The molecule has 0 radical (unpaired) electrons. The number of para-hydroxylation sites is 3. The van der Waals surface area contributed by atoms with Crippen molar-refractivity contribution in [2.45, 2.75) is 38.0 Å². The van der Waals surface area contributed by atoms with Crippen molar-refractivity contribution in [3.05, 3.63) is 206 Å². The molecule has 13 rings (SSSR count). The van der Waals surface area contributed by atoms with Gasteiger partial charge in [-0.15, -0.1) is 0 Å². The highest BCUT2D eigenvalue weighted by atomic mass is 15.1. The highest BCUT2D eigenvalue weighted by Crippen LogP contribution is 2.81.